The molecule has 0 fully saturated rings. The third kappa shape index (κ3) is 2.73. The third-order valence-electron chi connectivity index (χ3n) is 4.09. The van der Waals surface area contributed by atoms with E-state index in [0.29, 0.717) is 23.1 Å². The lowest BCUT2D eigenvalue weighted by Gasteiger charge is -2.19. The van der Waals surface area contributed by atoms with E-state index in [1.54, 1.807) is 18.2 Å². The number of nitrogen functional groups attached to an aromatic ring is 1. The number of rotatable bonds is 5. The molecule has 8 nitrogen and oxygen atoms in total. The molecular weight excluding hydrogens is 349 g/mol. The van der Waals surface area contributed by atoms with Gasteiger partial charge in [-0.1, -0.05) is 23.5 Å². The van der Waals surface area contributed by atoms with Crippen LogP contribution in [0.1, 0.15) is 5.56 Å². The molecule has 4 rings (SSSR count). The number of anilines is 2. The Bertz CT molecular complexity index is 1080. The van der Waals surface area contributed by atoms with E-state index in [-0.39, 0.29) is 0 Å². The average Bonchev–Trinajstić information content (AvgIpc) is 3.24. The highest BCUT2D eigenvalue weighted by molar-refractivity contribution is 7.23. The minimum absolute atomic E-state index is 0.473. The number of benzene rings is 1. The lowest BCUT2D eigenvalue weighted by atomic mass is 10.1. The van der Waals surface area contributed by atoms with Crippen LogP contribution in [0.4, 0.5) is 10.9 Å². The highest BCUT2D eigenvalue weighted by atomic mass is 32.1. The number of aromatic nitrogens is 4. The highest BCUT2D eigenvalue weighted by Crippen LogP contribution is 2.35. The van der Waals surface area contributed by atoms with Crippen molar-refractivity contribution >= 4 is 51.6 Å². The summed E-state index contributed by atoms with van der Waals surface area (Å²) in [5.74, 6) is 6.86. The molecule has 0 amide bonds. The lowest BCUT2D eigenvalue weighted by Crippen LogP contribution is -2.20. The summed E-state index contributed by atoms with van der Waals surface area (Å²) in [6, 6.07) is 7.73. The quantitative estimate of drug-likeness (QED) is 0.317. The van der Waals surface area contributed by atoms with Crippen molar-refractivity contribution in [1.82, 2.24) is 19.5 Å². The molecule has 3 heterocycles. The van der Waals surface area contributed by atoms with Gasteiger partial charge in [-0.25, -0.2) is 15.8 Å². The van der Waals surface area contributed by atoms with Gasteiger partial charge < -0.3 is 14.1 Å². The minimum atomic E-state index is 0.473. The molecule has 2 radical (unpaired) electrons. The van der Waals surface area contributed by atoms with E-state index in [2.05, 4.69) is 20.4 Å². The summed E-state index contributed by atoms with van der Waals surface area (Å²) in [5, 5.41) is 0.589. The Morgan fingerprint density at radius 3 is 2.77 bits per heavy atom. The number of hydrazine groups is 1. The van der Waals surface area contributed by atoms with Crippen molar-refractivity contribution in [3.8, 4) is 5.75 Å². The van der Waals surface area contributed by atoms with Crippen LogP contribution in [0.3, 0.4) is 0 Å². The fourth-order valence-corrected chi connectivity index (χ4v) is 3.73. The van der Waals surface area contributed by atoms with Gasteiger partial charge in [0.25, 0.3) is 0 Å². The number of fused-ring (bicyclic) bond motifs is 3. The number of methoxy groups -OCH3 is 1. The zero-order valence-corrected chi connectivity index (χ0v) is 15.1. The Morgan fingerprint density at radius 1 is 1.31 bits per heavy atom. The van der Waals surface area contributed by atoms with Gasteiger partial charge in [-0.05, 0) is 17.7 Å². The van der Waals surface area contributed by atoms with Gasteiger partial charge in [0.05, 0.1) is 19.0 Å². The first kappa shape index (κ1) is 16.6. The Kier molecular flexibility index (Phi) is 4.13. The molecule has 0 aliphatic heterocycles. The molecule has 0 unspecified atom stereocenters. The number of ether oxygens (including phenoxy) is 1. The molecule has 0 spiro atoms. The van der Waals surface area contributed by atoms with Crippen LogP contribution in [0.2, 0.25) is 0 Å². The van der Waals surface area contributed by atoms with E-state index < -0.39 is 0 Å². The van der Waals surface area contributed by atoms with E-state index in [9.17, 15) is 0 Å². The van der Waals surface area contributed by atoms with Gasteiger partial charge in [0.1, 0.15) is 21.8 Å². The van der Waals surface area contributed by atoms with Crippen LogP contribution in [0.5, 0.6) is 5.75 Å². The third-order valence-corrected chi connectivity index (χ3v) is 5.08. The van der Waals surface area contributed by atoms with Gasteiger partial charge in [-0.3, -0.25) is 5.43 Å². The summed E-state index contributed by atoms with van der Waals surface area (Å²) >= 11 is 1.43. The Balaban J connectivity index is 1.78. The van der Waals surface area contributed by atoms with Crippen molar-refractivity contribution < 1.29 is 4.74 Å². The molecule has 130 valence electrons. The summed E-state index contributed by atoms with van der Waals surface area (Å²) < 4.78 is 8.03. The summed E-state index contributed by atoms with van der Waals surface area (Å²) in [7, 11) is 9.90. The summed E-state index contributed by atoms with van der Waals surface area (Å²) in [6.07, 6.45) is 1.74. The van der Waals surface area contributed by atoms with Crippen molar-refractivity contribution in [2.75, 3.05) is 17.3 Å². The number of hydrogen-bond acceptors (Lipinski definition) is 8. The van der Waals surface area contributed by atoms with Gasteiger partial charge in [0.15, 0.2) is 10.8 Å². The monoisotopic (exact) mass is 365 g/mol. The first-order valence-corrected chi connectivity index (χ1v) is 8.65. The van der Waals surface area contributed by atoms with Crippen LogP contribution in [0.15, 0.2) is 30.6 Å². The largest absolute Gasteiger partial charge is 0.497 e. The minimum Gasteiger partial charge on any atom is -0.497 e. The average molecular weight is 365 g/mol. The van der Waals surface area contributed by atoms with Crippen molar-refractivity contribution in [3.63, 3.8) is 0 Å². The molecule has 10 heteroatoms. The fourth-order valence-electron chi connectivity index (χ4n) is 2.82. The Morgan fingerprint density at radius 2 is 2.08 bits per heavy atom. The predicted molar refractivity (Wildman–Crippen MR) is 104 cm³/mol. The molecule has 0 bridgehead atoms. The fraction of sp³-hybridized carbons (Fsp3) is 0.188. The van der Waals surface area contributed by atoms with Crippen LogP contribution in [0, 0.1) is 0 Å². The number of imidazole rings is 1. The second kappa shape index (κ2) is 6.47. The van der Waals surface area contributed by atoms with Gasteiger partial charge in [-0.2, -0.15) is 4.98 Å². The number of nitrogens with two attached hydrogens (primary N) is 1. The summed E-state index contributed by atoms with van der Waals surface area (Å²) in [6.45, 7) is 0.473. The maximum absolute atomic E-state index is 6.33. The number of nitrogens with zero attached hydrogens (tertiary/aromatic N) is 5. The van der Waals surface area contributed by atoms with Crippen LogP contribution in [-0.4, -0.2) is 34.6 Å². The van der Waals surface area contributed by atoms with E-state index >= 15 is 0 Å². The molecule has 3 aromatic heterocycles. The van der Waals surface area contributed by atoms with Gasteiger partial charge in [0.2, 0.25) is 7.98 Å². The van der Waals surface area contributed by atoms with Crippen LogP contribution < -0.4 is 20.8 Å². The van der Waals surface area contributed by atoms with E-state index in [4.69, 9.17) is 18.6 Å². The number of thiazole rings is 1. The molecule has 0 aliphatic rings. The molecule has 0 atom stereocenters. The van der Waals surface area contributed by atoms with Crippen molar-refractivity contribution in [2.24, 2.45) is 12.9 Å². The summed E-state index contributed by atoms with van der Waals surface area (Å²) in [5.41, 5.74) is 5.84. The van der Waals surface area contributed by atoms with E-state index in [1.807, 2.05) is 35.9 Å². The lowest BCUT2D eigenvalue weighted by molar-refractivity contribution is 0.414. The van der Waals surface area contributed by atoms with Gasteiger partial charge in [0, 0.05) is 13.6 Å². The predicted octanol–water partition coefficient (Wildman–Crippen LogP) is 1.96. The molecule has 3 N–H and O–H groups in total. The Hall–Kier alpha value is -2.85. The maximum Gasteiger partial charge on any atom is 0.229 e. The van der Waals surface area contributed by atoms with Crippen molar-refractivity contribution in [3.05, 3.63) is 36.2 Å². The molecule has 1 aromatic carbocycles. The van der Waals surface area contributed by atoms with Crippen LogP contribution >= 0.6 is 11.3 Å². The van der Waals surface area contributed by atoms with Crippen LogP contribution in [-0.2, 0) is 13.6 Å². The number of aryl methyl sites for hydroxylation is 1. The summed E-state index contributed by atoms with van der Waals surface area (Å²) in [4.78, 5) is 15.1. The van der Waals surface area contributed by atoms with Gasteiger partial charge >= 0.3 is 0 Å². The molecular formula is C16H16BN7OS. The van der Waals surface area contributed by atoms with E-state index in [0.717, 1.165) is 27.0 Å². The molecule has 4 aromatic rings. The smallest absolute Gasteiger partial charge is 0.229 e. The normalized spacial score (nSPS) is 11.2. The number of pyridine rings is 1. The molecule has 0 saturated carbocycles. The first-order valence-electron chi connectivity index (χ1n) is 7.84. The zero-order valence-electron chi connectivity index (χ0n) is 14.3. The second-order valence-electron chi connectivity index (χ2n) is 5.78. The molecule has 0 aliphatic carbocycles. The van der Waals surface area contributed by atoms with E-state index in [1.165, 1.54) is 11.3 Å². The van der Waals surface area contributed by atoms with Crippen molar-refractivity contribution in [2.45, 2.75) is 6.54 Å². The number of nitrogens with one attached hydrogen (secondary N) is 1. The zero-order chi connectivity index (χ0) is 18.3. The maximum atomic E-state index is 6.33. The SMILES string of the molecule is [B]N(Cc1ccc(OC)cc1)c1nc2nc(NN)sc2c2c1ncn2C. The van der Waals surface area contributed by atoms with Crippen molar-refractivity contribution in [1.29, 1.82) is 0 Å². The highest BCUT2D eigenvalue weighted by Gasteiger charge is 2.18. The topological polar surface area (TPSA) is 94.1 Å². The van der Waals surface area contributed by atoms with Gasteiger partial charge in [-0.15, -0.1) is 0 Å². The second-order valence-corrected chi connectivity index (χ2v) is 6.78. The number of hydrogen-bond donors (Lipinski definition) is 2. The molecule has 0 saturated heterocycles. The molecule has 26 heavy (non-hydrogen) atoms. The van der Waals surface area contributed by atoms with Crippen LogP contribution in [0.25, 0.3) is 21.4 Å². The standard InChI is InChI=1S/C16H16BN7OS/c1-23-8-19-11-12(23)13-14(21-16(22-18)26-13)20-15(11)24(17)7-9-3-5-10(25-2)6-4-9/h3-6,8H,7,18H2,1-2H3,(H,20,21,22). The Labute approximate surface area is 155 Å². The first-order chi connectivity index (χ1) is 12.6.